The molecule has 19 heavy (non-hydrogen) atoms. The molecule has 0 radical (unpaired) electrons. The van der Waals surface area contributed by atoms with Crippen LogP contribution in [0.3, 0.4) is 0 Å². The van der Waals surface area contributed by atoms with Crippen LogP contribution in [-0.4, -0.2) is 24.0 Å². The molecular weight excluding hydrogens is 236 g/mol. The van der Waals surface area contributed by atoms with Crippen molar-refractivity contribution in [2.24, 2.45) is 5.92 Å². The predicted molar refractivity (Wildman–Crippen MR) is 76.9 cm³/mol. The molecular formula is C16H28N2O. The first-order valence-electron chi connectivity index (χ1n) is 8.37. The first kappa shape index (κ1) is 13.4. The minimum Gasteiger partial charge on any atom is -0.353 e. The number of nitrogens with one attached hydrogen (secondary N) is 2. The van der Waals surface area contributed by atoms with Crippen molar-refractivity contribution in [3.05, 3.63) is 0 Å². The van der Waals surface area contributed by atoms with Crippen LogP contribution in [0.4, 0.5) is 0 Å². The quantitative estimate of drug-likeness (QED) is 0.805. The van der Waals surface area contributed by atoms with Gasteiger partial charge in [0.05, 0.1) is 0 Å². The molecule has 2 atom stereocenters. The van der Waals surface area contributed by atoms with Crippen LogP contribution in [0.2, 0.25) is 0 Å². The molecule has 0 spiro atoms. The van der Waals surface area contributed by atoms with Crippen molar-refractivity contribution < 1.29 is 4.79 Å². The largest absolute Gasteiger partial charge is 0.353 e. The van der Waals surface area contributed by atoms with E-state index in [1.807, 2.05) is 0 Å². The third-order valence-corrected chi connectivity index (χ3v) is 5.30. The van der Waals surface area contributed by atoms with Gasteiger partial charge in [0.25, 0.3) is 0 Å². The summed E-state index contributed by atoms with van der Waals surface area (Å²) >= 11 is 0. The van der Waals surface area contributed by atoms with E-state index in [9.17, 15) is 4.79 Å². The highest BCUT2D eigenvalue weighted by Gasteiger charge is 2.34. The van der Waals surface area contributed by atoms with Gasteiger partial charge in [-0.25, -0.2) is 0 Å². The number of hydrogen-bond acceptors (Lipinski definition) is 2. The maximum atomic E-state index is 12.4. The molecule has 3 rings (SSSR count). The summed E-state index contributed by atoms with van der Waals surface area (Å²) in [6.07, 6.45) is 13.6. The summed E-state index contributed by atoms with van der Waals surface area (Å²) in [6, 6.07) is 1.78. The van der Waals surface area contributed by atoms with Crippen molar-refractivity contribution in [2.75, 3.05) is 0 Å². The van der Waals surface area contributed by atoms with Crippen LogP contribution in [-0.2, 0) is 4.79 Å². The van der Waals surface area contributed by atoms with Gasteiger partial charge in [0.2, 0.25) is 5.91 Å². The van der Waals surface area contributed by atoms with Gasteiger partial charge in [-0.3, -0.25) is 4.79 Å². The lowest BCUT2D eigenvalue weighted by Crippen LogP contribution is -2.49. The second-order valence-corrected chi connectivity index (χ2v) is 6.86. The molecule has 3 fully saturated rings. The molecule has 0 aromatic rings. The average Bonchev–Trinajstić information content (AvgIpc) is 2.68. The second-order valence-electron chi connectivity index (χ2n) is 6.86. The minimum absolute atomic E-state index is 0.299. The Bertz CT molecular complexity index is 298. The van der Waals surface area contributed by atoms with Gasteiger partial charge in [-0.2, -0.15) is 0 Å². The molecule has 2 N–H and O–H groups in total. The maximum absolute atomic E-state index is 12.4. The number of hydrogen-bond donors (Lipinski definition) is 2. The summed E-state index contributed by atoms with van der Waals surface area (Å²) in [7, 11) is 0. The fourth-order valence-electron chi connectivity index (χ4n) is 4.21. The predicted octanol–water partition coefficient (Wildman–Crippen LogP) is 2.75. The maximum Gasteiger partial charge on any atom is 0.223 e. The molecule has 108 valence electrons. The van der Waals surface area contributed by atoms with E-state index in [0.29, 0.717) is 30.0 Å². The number of fused-ring (bicyclic) bond motifs is 2. The van der Waals surface area contributed by atoms with Gasteiger partial charge in [-0.05, 0) is 38.5 Å². The van der Waals surface area contributed by atoms with Gasteiger partial charge in [0.15, 0.2) is 0 Å². The van der Waals surface area contributed by atoms with E-state index in [-0.39, 0.29) is 0 Å². The highest BCUT2D eigenvalue weighted by atomic mass is 16.1. The number of rotatable bonds is 2. The van der Waals surface area contributed by atoms with Crippen molar-refractivity contribution >= 4 is 5.91 Å². The lowest BCUT2D eigenvalue weighted by Gasteiger charge is -2.31. The summed E-state index contributed by atoms with van der Waals surface area (Å²) in [5, 5.41) is 7.00. The van der Waals surface area contributed by atoms with E-state index in [2.05, 4.69) is 10.6 Å². The van der Waals surface area contributed by atoms with E-state index in [1.54, 1.807) is 0 Å². The third kappa shape index (κ3) is 3.50. The van der Waals surface area contributed by atoms with Gasteiger partial charge in [0.1, 0.15) is 0 Å². The van der Waals surface area contributed by atoms with Crippen molar-refractivity contribution in [2.45, 2.75) is 88.8 Å². The molecule has 1 amide bonds. The van der Waals surface area contributed by atoms with Gasteiger partial charge in [-0.1, -0.05) is 32.1 Å². The van der Waals surface area contributed by atoms with Crippen LogP contribution >= 0.6 is 0 Å². The smallest absolute Gasteiger partial charge is 0.223 e. The van der Waals surface area contributed by atoms with Crippen molar-refractivity contribution in [1.82, 2.24) is 10.6 Å². The summed E-state index contributed by atoms with van der Waals surface area (Å²) in [6.45, 7) is 0. The van der Waals surface area contributed by atoms with Crippen LogP contribution in [0.5, 0.6) is 0 Å². The van der Waals surface area contributed by atoms with E-state index >= 15 is 0 Å². The number of piperidine rings is 1. The molecule has 1 saturated carbocycles. The summed E-state index contributed by atoms with van der Waals surface area (Å²) in [5.41, 5.74) is 0. The summed E-state index contributed by atoms with van der Waals surface area (Å²) in [4.78, 5) is 12.4. The summed E-state index contributed by atoms with van der Waals surface area (Å²) in [5.74, 6) is 0.654. The van der Waals surface area contributed by atoms with Crippen LogP contribution < -0.4 is 10.6 Å². The first-order valence-corrected chi connectivity index (χ1v) is 8.37. The van der Waals surface area contributed by atoms with Gasteiger partial charge >= 0.3 is 0 Å². The zero-order chi connectivity index (χ0) is 13.1. The zero-order valence-corrected chi connectivity index (χ0v) is 12.0. The monoisotopic (exact) mass is 264 g/mol. The van der Waals surface area contributed by atoms with Crippen molar-refractivity contribution in [3.63, 3.8) is 0 Å². The number of amides is 1. The molecule has 3 aliphatic rings. The highest BCUT2D eigenvalue weighted by molar-refractivity contribution is 5.78. The Morgan fingerprint density at radius 2 is 1.42 bits per heavy atom. The molecule has 3 heteroatoms. The van der Waals surface area contributed by atoms with Crippen LogP contribution in [0.1, 0.15) is 70.6 Å². The highest BCUT2D eigenvalue weighted by Crippen LogP contribution is 2.28. The van der Waals surface area contributed by atoms with Crippen molar-refractivity contribution in [1.29, 1.82) is 0 Å². The van der Waals surface area contributed by atoms with Crippen LogP contribution in [0.15, 0.2) is 0 Å². The number of carbonyl (C=O) groups excluding carboxylic acids is 1. The molecule has 2 unspecified atom stereocenters. The average molecular weight is 264 g/mol. The molecule has 2 bridgehead atoms. The Balaban J connectivity index is 1.49. The minimum atomic E-state index is 0.299. The zero-order valence-electron chi connectivity index (χ0n) is 12.0. The summed E-state index contributed by atoms with van der Waals surface area (Å²) < 4.78 is 0. The fraction of sp³-hybridized carbons (Fsp3) is 0.938. The van der Waals surface area contributed by atoms with Gasteiger partial charge in [-0.15, -0.1) is 0 Å². The topological polar surface area (TPSA) is 41.1 Å². The Labute approximate surface area is 116 Å². The molecule has 2 heterocycles. The first-order chi connectivity index (χ1) is 9.31. The molecule has 1 aliphatic carbocycles. The van der Waals surface area contributed by atoms with Gasteiger partial charge in [0, 0.05) is 24.0 Å². The van der Waals surface area contributed by atoms with E-state index in [4.69, 9.17) is 0 Å². The third-order valence-electron chi connectivity index (χ3n) is 5.30. The lowest BCUT2D eigenvalue weighted by molar-refractivity contribution is -0.126. The molecule has 0 aromatic heterocycles. The van der Waals surface area contributed by atoms with Gasteiger partial charge < -0.3 is 10.6 Å². The van der Waals surface area contributed by atoms with E-state index in [0.717, 1.165) is 25.7 Å². The number of carbonyl (C=O) groups is 1. The van der Waals surface area contributed by atoms with Crippen molar-refractivity contribution in [3.8, 4) is 0 Å². The molecule has 2 saturated heterocycles. The normalized spacial score (nSPS) is 36.5. The van der Waals surface area contributed by atoms with Crippen LogP contribution in [0.25, 0.3) is 0 Å². The molecule has 0 aromatic carbocycles. The Kier molecular flexibility index (Phi) is 4.42. The lowest BCUT2D eigenvalue weighted by atomic mass is 9.90. The molecule has 3 nitrogen and oxygen atoms in total. The van der Waals surface area contributed by atoms with E-state index < -0.39 is 0 Å². The Morgan fingerprint density at radius 3 is 2.05 bits per heavy atom. The fourth-order valence-corrected chi connectivity index (χ4v) is 4.21. The van der Waals surface area contributed by atoms with Crippen LogP contribution in [0, 0.1) is 5.92 Å². The standard InChI is InChI=1S/C16H28N2O/c19-16(12-6-4-2-1-3-5-7-12)18-15-10-13-8-9-14(11-15)17-13/h12-15,17H,1-11H2,(H,18,19). The second kappa shape index (κ2) is 6.25. The Hall–Kier alpha value is -0.570. The Morgan fingerprint density at radius 1 is 0.842 bits per heavy atom. The molecule has 2 aliphatic heterocycles. The van der Waals surface area contributed by atoms with E-state index in [1.165, 1.54) is 44.9 Å². The SMILES string of the molecule is O=C(NC1CC2CCC(C1)N2)C1CCCCCCC1.